The number of hydrogen-bond donors (Lipinski definition) is 2. The Bertz CT molecular complexity index is 734. The maximum atomic E-state index is 12.2. The zero-order chi connectivity index (χ0) is 18.2. The average molecular weight is 405 g/mol. The topological polar surface area (TPSA) is 74.3 Å². The molecule has 0 saturated heterocycles. The number of para-hydroxylation sites is 1. The molecule has 2 amide bonds. The number of benzene rings is 1. The average Bonchev–Trinajstić information content (AvgIpc) is 2.57. The highest BCUT2D eigenvalue weighted by Gasteiger charge is 2.12. The second-order valence-electron chi connectivity index (χ2n) is 5.64. The molecule has 2 N–H and O–H groups in total. The van der Waals surface area contributed by atoms with Crippen molar-refractivity contribution in [2.75, 3.05) is 30.8 Å². The van der Waals surface area contributed by atoms with E-state index in [-0.39, 0.29) is 24.9 Å². The summed E-state index contributed by atoms with van der Waals surface area (Å²) in [7, 11) is 1.72. The first kappa shape index (κ1) is 19.1. The molecular weight excluding hydrogens is 384 g/mol. The van der Waals surface area contributed by atoms with E-state index in [1.165, 1.54) is 0 Å². The molecule has 0 fully saturated rings. The summed E-state index contributed by atoms with van der Waals surface area (Å²) in [5.74, 6) is 0.0972. The number of amides is 2. The highest BCUT2D eigenvalue weighted by Crippen LogP contribution is 2.15. The van der Waals surface area contributed by atoms with E-state index in [0.29, 0.717) is 5.82 Å². The van der Waals surface area contributed by atoms with Gasteiger partial charge in [-0.2, -0.15) is 0 Å². The second kappa shape index (κ2) is 9.29. The Morgan fingerprint density at radius 1 is 1.08 bits per heavy atom. The van der Waals surface area contributed by atoms with Crippen molar-refractivity contribution in [3.05, 3.63) is 52.6 Å². The third-order valence-corrected chi connectivity index (χ3v) is 3.96. The van der Waals surface area contributed by atoms with E-state index in [0.717, 1.165) is 22.1 Å². The van der Waals surface area contributed by atoms with Gasteiger partial charge in [-0.15, -0.1) is 0 Å². The highest BCUT2D eigenvalue weighted by atomic mass is 79.9. The van der Waals surface area contributed by atoms with Gasteiger partial charge >= 0.3 is 0 Å². The van der Waals surface area contributed by atoms with E-state index in [1.807, 2.05) is 31.2 Å². The number of hydrogen-bond acceptors (Lipinski definition) is 4. The minimum Gasteiger partial charge on any atom is -0.325 e. The summed E-state index contributed by atoms with van der Waals surface area (Å²) in [6.45, 7) is 2.26. The van der Waals surface area contributed by atoms with Gasteiger partial charge < -0.3 is 10.6 Å². The molecule has 1 aromatic heterocycles. The summed E-state index contributed by atoms with van der Waals surface area (Å²) < 4.78 is 0.839. The van der Waals surface area contributed by atoms with Gasteiger partial charge in [0.1, 0.15) is 5.82 Å². The Morgan fingerprint density at radius 3 is 2.40 bits per heavy atom. The molecule has 2 aromatic rings. The van der Waals surface area contributed by atoms with E-state index in [4.69, 9.17) is 0 Å². The lowest BCUT2D eigenvalue weighted by Gasteiger charge is -2.16. The Kier molecular flexibility index (Phi) is 7.09. The molecule has 7 heteroatoms. The van der Waals surface area contributed by atoms with Crippen LogP contribution in [0.25, 0.3) is 0 Å². The Labute approximate surface area is 155 Å². The number of pyridine rings is 1. The molecule has 0 atom stereocenters. The largest absolute Gasteiger partial charge is 0.325 e. The molecule has 6 nitrogen and oxygen atoms in total. The number of nitrogens with one attached hydrogen (secondary N) is 2. The lowest BCUT2D eigenvalue weighted by molar-refractivity contribution is -0.119. The fourth-order valence-electron chi connectivity index (χ4n) is 2.32. The SMILES string of the molecule is CCc1ccccc1NC(=O)CN(C)CC(=O)Nc1ccc(Br)cn1. The number of carbonyl (C=O) groups is 2. The van der Waals surface area contributed by atoms with E-state index < -0.39 is 0 Å². The monoisotopic (exact) mass is 404 g/mol. The number of aromatic nitrogens is 1. The van der Waals surface area contributed by atoms with Crippen LogP contribution < -0.4 is 10.6 Å². The first-order chi connectivity index (χ1) is 12.0. The standard InChI is InChI=1S/C18H21BrN4O2/c1-3-13-6-4-5-7-15(13)21-17(24)11-23(2)12-18(25)22-16-9-8-14(19)10-20-16/h4-10H,3,11-12H2,1-2H3,(H,21,24)(H,20,22,25). The van der Waals surface area contributed by atoms with Gasteiger partial charge in [0.05, 0.1) is 13.1 Å². The van der Waals surface area contributed by atoms with Crippen LogP contribution in [0, 0.1) is 0 Å². The summed E-state index contributed by atoms with van der Waals surface area (Å²) in [6, 6.07) is 11.2. The van der Waals surface area contributed by atoms with Gasteiger partial charge in [-0.3, -0.25) is 14.5 Å². The predicted octanol–water partition coefficient (Wildman–Crippen LogP) is 2.92. The number of carbonyl (C=O) groups excluding carboxylic acids is 2. The first-order valence-corrected chi connectivity index (χ1v) is 8.75. The van der Waals surface area contributed by atoms with Crippen molar-refractivity contribution in [1.29, 1.82) is 0 Å². The molecule has 0 aliphatic carbocycles. The molecule has 132 valence electrons. The van der Waals surface area contributed by atoms with Gasteiger partial charge in [0, 0.05) is 16.4 Å². The lowest BCUT2D eigenvalue weighted by Crippen LogP contribution is -2.36. The molecule has 0 aliphatic heterocycles. The van der Waals surface area contributed by atoms with Crippen LogP contribution in [0.1, 0.15) is 12.5 Å². The van der Waals surface area contributed by atoms with E-state index in [2.05, 4.69) is 31.5 Å². The quantitative estimate of drug-likeness (QED) is 0.743. The van der Waals surface area contributed by atoms with Crippen LogP contribution >= 0.6 is 15.9 Å². The minimum absolute atomic E-state index is 0.0978. The summed E-state index contributed by atoms with van der Waals surface area (Å²) in [4.78, 5) is 29.9. The molecule has 25 heavy (non-hydrogen) atoms. The van der Waals surface area contributed by atoms with E-state index in [1.54, 1.807) is 30.3 Å². The van der Waals surface area contributed by atoms with Crippen molar-refractivity contribution in [1.82, 2.24) is 9.88 Å². The molecule has 0 spiro atoms. The summed E-state index contributed by atoms with van der Waals surface area (Å²) in [5, 5.41) is 5.59. The van der Waals surface area contributed by atoms with Gasteiger partial charge in [-0.1, -0.05) is 25.1 Å². The zero-order valence-corrected chi connectivity index (χ0v) is 15.8. The van der Waals surface area contributed by atoms with Crippen LogP contribution in [0.5, 0.6) is 0 Å². The summed E-state index contributed by atoms with van der Waals surface area (Å²) >= 11 is 3.29. The van der Waals surface area contributed by atoms with Crippen LogP contribution in [0.3, 0.4) is 0 Å². The highest BCUT2D eigenvalue weighted by molar-refractivity contribution is 9.10. The number of anilines is 2. The van der Waals surface area contributed by atoms with Gasteiger partial charge in [0.15, 0.2) is 0 Å². The number of rotatable bonds is 7. The molecule has 0 bridgehead atoms. The molecular formula is C18H21BrN4O2. The van der Waals surface area contributed by atoms with Crippen molar-refractivity contribution in [3.8, 4) is 0 Å². The van der Waals surface area contributed by atoms with Gasteiger partial charge in [0.25, 0.3) is 0 Å². The molecule has 0 unspecified atom stereocenters. The smallest absolute Gasteiger partial charge is 0.239 e. The van der Waals surface area contributed by atoms with Crippen LogP contribution in [0.2, 0.25) is 0 Å². The first-order valence-electron chi connectivity index (χ1n) is 7.95. The minimum atomic E-state index is -0.223. The van der Waals surface area contributed by atoms with Crippen molar-refractivity contribution < 1.29 is 9.59 Å². The molecule has 0 saturated carbocycles. The Balaban J connectivity index is 1.82. The third-order valence-electron chi connectivity index (χ3n) is 3.49. The second-order valence-corrected chi connectivity index (χ2v) is 6.56. The summed E-state index contributed by atoms with van der Waals surface area (Å²) in [5.41, 5.74) is 1.89. The fraction of sp³-hybridized carbons (Fsp3) is 0.278. The number of likely N-dealkylation sites (N-methyl/N-ethyl adjacent to an activating group) is 1. The van der Waals surface area contributed by atoms with Crippen LogP contribution in [-0.2, 0) is 16.0 Å². The zero-order valence-electron chi connectivity index (χ0n) is 14.3. The predicted molar refractivity (Wildman–Crippen MR) is 103 cm³/mol. The number of aryl methyl sites for hydroxylation is 1. The third kappa shape index (κ3) is 6.28. The molecule has 2 rings (SSSR count). The van der Waals surface area contributed by atoms with Crippen LogP contribution in [0.15, 0.2) is 47.1 Å². The maximum Gasteiger partial charge on any atom is 0.239 e. The maximum absolute atomic E-state index is 12.2. The molecule has 1 aromatic carbocycles. The van der Waals surface area contributed by atoms with E-state index in [9.17, 15) is 9.59 Å². The fourth-order valence-corrected chi connectivity index (χ4v) is 2.55. The van der Waals surface area contributed by atoms with Crippen molar-refractivity contribution in [2.24, 2.45) is 0 Å². The number of halogens is 1. The van der Waals surface area contributed by atoms with Gasteiger partial charge in [0.2, 0.25) is 11.8 Å². The van der Waals surface area contributed by atoms with Gasteiger partial charge in [-0.05, 0) is 53.2 Å². The van der Waals surface area contributed by atoms with Crippen molar-refractivity contribution in [3.63, 3.8) is 0 Å². The normalized spacial score (nSPS) is 10.6. The summed E-state index contributed by atoms with van der Waals surface area (Å²) in [6.07, 6.45) is 2.45. The van der Waals surface area contributed by atoms with E-state index >= 15 is 0 Å². The van der Waals surface area contributed by atoms with Crippen molar-refractivity contribution in [2.45, 2.75) is 13.3 Å². The van der Waals surface area contributed by atoms with Crippen LogP contribution in [-0.4, -0.2) is 41.8 Å². The molecule has 1 heterocycles. The van der Waals surface area contributed by atoms with Gasteiger partial charge in [-0.25, -0.2) is 4.98 Å². The number of nitrogens with zero attached hydrogens (tertiary/aromatic N) is 2. The lowest BCUT2D eigenvalue weighted by atomic mass is 10.1. The Hall–Kier alpha value is -2.25. The molecule has 0 aliphatic rings. The Morgan fingerprint density at radius 2 is 1.76 bits per heavy atom. The molecule has 0 radical (unpaired) electrons. The van der Waals surface area contributed by atoms with Crippen molar-refractivity contribution >= 4 is 39.2 Å². The van der Waals surface area contributed by atoms with Crippen LogP contribution in [0.4, 0.5) is 11.5 Å².